The van der Waals surface area contributed by atoms with Gasteiger partial charge in [-0.3, -0.25) is 9.97 Å². The summed E-state index contributed by atoms with van der Waals surface area (Å²) in [6.45, 7) is 28.2. The van der Waals surface area contributed by atoms with E-state index < -0.39 is 12.2 Å². The zero-order valence-corrected chi connectivity index (χ0v) is 47.6. The van der Waals surface area contributed by atoms with Gasteiger partial charge in [0.2, 0.25) is 0 Å². The Kier molecular flexibility index (Phi) is 17.5. The number of hydrogen-bond acceptors (Lipinski definition) is 6. The molecule has 0 aliphatic carbocycles. The van der Waals surface area contributed by atoms with Crippen molar-refractivity contribution >= 4 is 21.8 Å². The lowest BCUT2D eigenvalue weighted by atomic mass is 9.71. The number of para-hydroxylation sites is 2. The van der Waals surface area contributed by atoms with E-state index in [2.05, 4.69) is 137 Å². The molecule has 5 aromatic carbocycles. The predicted molar refractivity (Wildman–Crippen MR) is 304 cm³/mol. The number of piperidine rings is 6. The first-order valence-corrected chi connectivity index (χ1v) is 27.4. The number of quaternary nitrogens is 2. The maximum atomic E-state index is 11.8. The molecule has 6 fully saturated rings. The Morgan fingerprint density at radius 2 is 0.987 bits per heavy atom. The molecule has 8 nitrogen and oxygen atoms in total. The van der Waals surface area contributed by atoms with Crippen LogP contribution in [0.1, 0.15) is 113 Å². The fourth-order valence-electron chi connectivity index (χ4n) is 13.5. The van der Waals surface area contributed by atoms with E-state index in [-0.39, 0.29) is 45.6 Å². The highest BCUT2D eigenvalue weighted by molar-refractivity contribution is 5.83. The van der Waals surface area contributed by atoms with E-state index in [1.54, 1.807) is 19.2 Å². The molecular weight excluding hydrogens is 1000 g/mol. The number of nitrogens with zero attached hydrogens (tertiary/aromatic N) is 4. The third-order valence-corrected chi connectivity index (χ3v) is 17.8. The normalized spacial score (nSPS) is 25.4. The van der Waals surface area contributed by atoms with Crippen LogP contribution in [0.15, 0.2) is 171 Å². The smallest absolute Gasteiger partial charge is 0.131 e. The van der Waals surface area contributed by atoms with Crippen LogP contribution in [0.4, 0.5) is 0 Å². The van der Waals surface area contributed by atoms with Crippen molar-refractivity contribution in [1.82, 2.24) is 9.97 Å². The van der Waals surface area contributed by atoms with Crippen molar-refractivity contribution in [3.8, 4) is 11.5 Å². The first-order valence-electron chi connectivity index (χ1n) is 27.4. The lowest BCUT2D eigenvalue weighted by Gasteiger charge is -2.58. The molecule has 2 N–H and O–H groups in total. The Labute approximate surface area is 463 Å². The minimum Gasteiger partial charge on any atom is -1.00 e. The van der Waals surface area contributed by atoms with Gasteiger partial charge in [0.1, 0.15) is 43.1 Å². The topological polar surface area (TPSA) is 98.5 Å². The number of halogens is 1. The Bertz CT molecular complexity index is 2860. The van der Waals surface area contributed by atoms with E-state index in [9.17, 15) is 15.3 Å². The summed E-state index contributed by atoms with van der Waals surface area (Å²) >= 11 is 0. The van der Waals surface area contributed by atoms with Crippen LogP contribution in [0, 0.1) is 23.7 Å². The third-order valence-electron chi connectivity index (χ3n) is 17.8. The zero-order valence-electron chi connectivity index (χ0n) is 46.0. The van der Waals surface area contributed by atoms with Gasteiger partial charge >= 0.3 is 0 Å². The Morgan fingerprint density at radius 1 is 0.592 bits per heavy atom. The van der Waals surface area contributed by atoms with Crippen LogP contribution in [-0.2, 0) is 23.9 Å². The number of methoxy groups -OCH3 is 1. The molecule has 7 aromatic rings. The molecule has 0 spiro atoms. The largest absolute Gasteiger partial charge is 1.00 e. The van der Waals surface area contributed by atoms with Crippen LogP contribution in [-0.4, -0.2) is 74.5 Å². The summed E-state index contributed by atoms with van der Waals surface area (Å²) < 4.78 is 6.72. The van der Waals surface area contributed by atoms with E-state index in [0.29, 0.717) is 23.7 Å². The number of hydrogen-bond donors (Lipinski definition) is 2. The second-order valence-corrected chi connectivity index (χ2v) is 24.4. The second-order valence-electron chi connectivity index (χ2n) is 24.4. The number of pyridine rings is 2. The number of aromatic nitrogens is 2. The lowest BCUT2D eigenvalue weighted by molar-refractivity contribution is -0.984. The number of fused-ring (bicyclic) bond motifs is 8. The monoisotopic (exact) mass is 1080 g/mol. The summed E-state index contributed by atoms with van der Waals surface area (Å²) in [5.74, 6) is 3.04. The predicted octanol–water partition coefficient (Wildman–Crippen LogP) is 10.1. The van der Waals surface area contributed by atoms with Gasteiger partial charge in [-0.05, 0) is 81.3 Å². The van der Waals surface area contributed by atoms with Gasteiger partial charge in [-0.2, -0.15) is 0 Å². The Morgan fingerprint density at radius 3 is 1.36 bits per heavy atom. The Balaban J connectivity index is 0.000000171. The van der Waals surface area contributed by atoms with Crippen LogP contribution in [0.5, 0.6) is 11.5 Å². The molecule has 8 heterocycles. The number of aliphatic hydroxyl groups excluding tert-OH is 2. The summed E-state index contributed by atoms with van der Waals surface area (Å²) in [6, 6.07) is 45.4. The van der Waals surface area contributed by atoms with Gasteiger partial charge in [-0.25, -0.2) is 0 Å². The minimum absolute atomic E-state index is 0. The quantitative estimate of drug-likeness (QED) is 0.0990. The molecule has 6 saturated heterocycles. The van der Waals surface area contributed by atoms with Crippen molar-refractivity contribution in [1.29, 1.82) is 0 Å². The Hall–Kier alpha value is -5.68. The lowest BCUT2D eigenvalue weighted by Crippen LogP contribution is -3.00. The number of rotatable bonds is 11. The van der Waals surface area contributed by atoms with Crippen LogP contribution in [0.3, 0.4) is 0 Å². The van der Waals surface area contributed by atoms with Crippen molar-refractivity contribution in [2.75, 3.05) is 33.3 Å². The number of ether oxygens (including phenoxy) is 1. The van der Waals surface area contributed by atoms with Crippen molar-refractivity contribution in [2.24, 2.45) is 23.7 Å². The molecular formula is C67H81BrN4O4. The van der Waals surface area contributed by atoms with Gasteiger partial charge in [0.05, 0.1) is 44.3 Å². The van der Waals surface area contributed by atoms with Crippen molar-refractivity contribution < 1.29 is 46.0 Å². The van der Waals surface area contributed by atoms with Gasteiger partial charge in [-0.15, -0.1) is 18.9 Å². The van der Waals surface area contributed by atoms with Crippen molar-refractivity contribution in [3.63, 3.8) is 0 Å². The summed E-state index contributed by atoms with van der Waals surface area (Å²) in [4.78, 5) is 9.05. The molecule has 0 saturated carbocycles. The minimum atomic E-state index is -0.500. The van der Waals surface area contributed by atoms with Gasteiger partial charge < -0.3 is 46.0 Å². The van der Waals surface area contributed by atoms with Crippen LogP contribution < -0.4 is 26.8 Å². The third kappa shape index (κ3) is 12.0. The first kappa shape index (κ1) is 56.5. The van der Waals surface area contributed by atoms with Crippen LogP contribution in [0.25, 0.3) is 21.8 Å². The fourth-order valence-corrected chi connectivity index (χ4v) is 13.5. The van der Waals surface area contributed by atoms with E-state index in [4.69, 9.17) is 4.74 Å². The summed E-state index contributed by atoms with van der Waals surface area (Å²) in [5, 5.41) is 36.3. The number of benzene rings is 5. The van der Waals surface area contributed by atoms with Crippen molar-refractivity contribution in [3.05, 3.63) is 205 Å². The first-order chi connectivity index (χ1) is 35.9. The summed E-state index contributed by atoms with van der Waals surface area (Å²) in [6.07, 6.45) is 11.6. The molecule has 0 radical (unpaired) electrons. The second kappa shape index (κ2) is 23.5. The molecule has 76 heavy (non-hydrogen) atoms. The van der Waals surface area contributed by atoms with Crippen LogP contribution >= 0.6 is 0 Å². The zero-order chi connectivity index (χ0) is 53.1. The number of aliphatic hydroxyl groups is 2. The summed E-state index contributed by atoms with van der Waals surface area (Å²) in [5.41, 5.74) is 9.73. The average molecular weight is 1090 g/mol. The molecule has 2 aromatic heterocycles. The van der Waals surface area contributed by atoms with E-state index in [0.717, 1.165) is 99.8 Å². The highest BCUT2D eigenvalue weighted by Crippen LogP contribution is 2.50. The van der Waals surface area contributed by atoms with E-state index >= 15 is 0 Å². The van der Waals surface area contributed by atoms with E-state index in [1.807, 2.05) is 60.9 Å². The van der Waals surface area contributed by atoms with Gasteiger partial charge in [-0.1, -0.05) is 151 Å². The molecule has 10 atom stereocenters. The van der Waals surface area contributed by atoms with Crippen LogP contribution in [0.2, 0.25) is 0 Å². The summed E-state index contributed by atoms with van der Waals surface area (Å²) in [7, 11) is 1.57. The van der Waals surface area contributed by atoms with Gasteiger partial charge in [0.15, 0.2) is 0 Å². The molecule has 0 amide bonds. The molecule has 13 rings (SSSR count). The van der Waals surface area contributed by atoms with Crippen molar-refractivity contribution in [2.45, 2.75) is 115 Å². The van der Waals surface area contributed by atoms with E-state index in [1.165, 1.54) is 47.2 Å². The standard InChI is InChI=1S/2C30H37N2O.C7H8O2.BrH/c2*1-5-22-20-32(19-21-10-12-24(13-11-21)30(2,3)4)17-15-23(22)18-28(32)29(33)26-14-16-31-27-9-7-6-8-25(26)27;1-9-7-4-2-6(8)3-5-7;/h2*5-14,16,22-23,28-29,33H,1,15,17-20H2,2-4H3;2-5,8H,1H3;1H/q2*+1;;/p-2/t2*22-,23?,28-,29+,32?;;/m00../s1. The van der Waals surface area contributed by atoms with Gasteiger partial charge in [0, 0.05) is 71.8 Å². The average Bonchev–Trinajstić information content (AvgIpc) is 3.49. The fraction of sp³-hybridized carbons (Fsp3) is 0.403. The molecule has 6 aliphatic heterocycles. The molecule has 6 aliphatic rings. The molecule has 400 valence electrons. The maximum Gasteiger partial charge on any atom is 0.131 e. The molecule has 9 heteroatoms. The highest BCUT2D eigenvalue weighted by atomic mass is 79.9. The molecule has 4 bridgehead atoms. The van der Waals surface area contributed by atoms with Gasteiger partial charge in [0.25, 0.3) is 0 Å². The SMILES string of the molecule is C=C[C@H]1C[N+]2(Cc3ccc(C(C)(C)C)cc3)CCC1C[C@H]2[C@H](O)c1ccnc2ccccc12.C=C[C@H]1C[N+]2(Cc3ccc(C(C)(C)C)cc3)CCC1C[C@H]2[C@H](O)c1ccnc2ccccc12.COc1ccc([O-])cc1.[Br-]. The molecule has 4 unspecified atom stereocenters. The maximum absolute atomic E-state index is 11.8. The highest BCUT2D eigenvalue weighted by Gasteiger charge is 2.55.